The van der Waals surface area contributed by atoms with Crippen molar-refractivity contribution < 1.29 is 0 Å². The molecule has 2 heteroatoms. The van der Waals surface area contributed by atoms with E-state index in [0.717, 1.165) is 23.5 Å². The Morgan fingerprint density at radius 1 is 0.714 bits per heavy atom. The number of benzene rings is 3. The molecule has 3 aromatic rings. The van der Waals surface area contributed by atoms with Gasteiger partial charge in [0.25, 0.3) is 0 Å². The molecule has 0 aliphatic rings. The molecule has 3 N–H and O–H groups in total. The fourth-order valence-electron chi connectivity index (χ4n) is 2.33. The lowest BCUT2D eigenvalue weighted by Crippen LogP contribution is -1.97. The number of anilines is 3. The molecule has 0 atom stereocenters. The number of nitrogens with one attached hydrogen (secondary N) is 1. The second-order valence-electron chi connectivity index (χ2n) is 5.07. The van der Waals surface area contributed by atoms with Crippen molar-refractivity contribution in [1.29, 1.82) is 0 Å². The minimum Gasteiger partial charge on any atom is -0.399 e. The molecular formula is C19H18N2. The summed E-state index contributed by atoms with van der Waals surface area (Å²) >= 11 is 0. The normalized spacial score (nSPS) is 10.3. The summed E-state index contributed by atoms with van der Waals surface area (Å²) in [6, 6.07) is 26.7. The highest BCUT2D eigenvalue weighted by atomic mass is 14.9. The molecule has 0 unspecified atom stereocenters. The maximum Gasteiger partial charge on any atom is 0.0420 e. The van der Waals surface area contributed by atoms with E-state index in [0.29, 0.717) is 0 Å². The molecule has 0 spiro atoms. The Bertz CT molecular complexity index is 703. The fraction of sp³-hybridized carbons (Fsp3) is 0.0526. The highest BCUT2D eigenvalue weighted by Crippen LogP contribution is 2.23. The summed E-state index contributed by atoms with van der Waals surface area (Å²) in [5.74, 6) is 0. The van der Waals surface area contributed by atoms with E-state index in [-0.39, 0.29) is 0 Å². The lowest BCUT2D eigenvalue weighted by Gasteiger charge is -2.12. The van der Waals surface area contributed by atoms with Gasteiger partial charge in [-0.15, -0.1) is 0 Å². The molecule has 104 valence electrons. The summed E-state index contributed by atoms with van der Waals surface area (Å²) in [4.78, 5) is 0. The minimum absolute atomic E-state index is 0.776. The van der Waals surface area contributed by atoms with Gasteiger partial charge in [-0.1, -0.05) is 48.5 Å². The number of rotatable bonds is 4. The Morgan fingerprint density at radius 2 is 1.38 bits per heavy atom. The Balaban J connectivity index is 1.84. The minimum atomic E-state index is 0.776. The van der Waals surface area contributed by atoms with Crippen LogP contribution >= 0.6 is 0 Å². The van der Waals surface area contributed by atoms with Crippen LogP contribution in [0.3, 0.4) is 0 Å². The molecular weight excluding hydrogens is 256 g/mol. The monoisotopic (exact) mass is 274 g/mol. The lowest BCUT2D eigenvalue weighted by molar-refractivity contribution is 1.19. The largest absolute Gasteiger partial charge is 0.399 e. The molecule has 0 aliphatic carbocycles. The van der Waals surface area contributed by atoms with E-state index in [2.05, 4.69) is 47.8 Å². The highest BCUT2D eigenvalue weighted by Gasteiger charge is 2.03. The summed E-state index contributed by atoms with van der Waals surface area (Å²) in [6.07, 6.45) is 0.916. The Labute approximate surface area is 125 Å². The van der Waals surface area contributed by atoms with Gasteiger partial charge in [-0.3, -0.25) is 0 Å². The molecule has 0 aliphatic heterocycles. The third-order valence-electron chi connectivity index (χ3n) is 3.44. The first-order valence-electron chi connectivity index (χ1n) is 7.06. The van der Waals surface area contributed by atoms with E-state index in [9.17, 15) is 0 Å². The third kappa shape index (κ3) is 3.42. The molecule has 0 aromatic heterocycles. The van der Waals surface area contributed by atoms with E-state index in [1.165, 1.54) is 11.1 Å². The van der Waals surface area contributed by atoms with E-state index >= 15 is 0 Å². The molecule has 0 saturated carbocycles. The van der Waals surface area contributed by atoms with Crippen LogP contribution < -0.4 is 11.1 Å². The van der Waals surface area contributed by atoms with Gasteiger partial charge in [-0.05, 0) is 47.9 Å². The summed E-state index contributed by atoms with van der Waals surface area (Å²) in [5, 5.41) is 3.46. The fourth-order valence-corrected chi connectivity index (χ4v) is 2.33. The zero-order valence-electron chi connectivity index (χ0n) is 11.8. The van der Waals surface area contributed by atoms with Crippen molar-refractivity contribution in [1.82, 2.24) is 0 Å². The summed E-state index contributed by atoms with van der Waals surface area (Å²) in [5.41, 5.74) is 11.3. The number of nitrogens with two attached hydrogens (primary N) is 1. The van der Waals surface area contributed by atoms with Crippen molar-refractivity contribution in [3.8, 4) is 0 Å². The van der Waals surface area contributed by atoms with Crippen molar-refractivity contribution >= 4 is 17.1 Å². The van der Waals surface area contributed by atoms with Crippen molar-refractivity contribution in [3.05, 3.63) is 90.0 Å². The molecule has 21 heavy (non-hydrogen) atoms. The number of para-hydroxylation sites is 1. The molecule has 0 saturated heterocycles. The van der Waals surface area contributed by atoms with Gasteiger partial charge in [0, 0.05) is 17.1 Å². The summed E-state index contributed by atoms with van der Waals surface area (Å²) in [6.45, 7) is 0. The van der Waals surface area contributed by atoms with Gasteiger partial charge in [0.15, 0.2) is 0 Å². The van der Waals surface area contributed by atoms with Crippen LogP contribution in [0, 0.1) is 0 Å². The van der Waals surface area contributed by atoms with Crippen molar-refractivity contribution in [2.24, 2.45) is 0 Å². The van der Waals surface area contributed by atoms with Crippen LogP contribution in [0.4, 0.5) is 17.1 Å². The quantitative estimate of drug-likeness (QED) is 0.682. The first kappa shape index (κ1) is 13.3. The zero-order chi connectivity index (χ0) is 14.5. The van der Waals surface area contributed by atoms with Gasteiger partial charge < -0.3 is 11.1 Å². The van der Waals surface area contributed by atoms with Gasteiger partial charge >= 0.3 is 0 Å². The zero-order valence-corrected chi connectivity index (χ0v) is 11.8. The first-order chi connectivity index (χ1) is 10.3. The van der Waals surface area contributed by atoms with Crippen molar-refractivity contribution in [3.63, 3.8) is 0 Å². The second-order valence-corrected chi connectivity index (χ2v) is 5.07. The average molecular weight is 274 g/mol. The molecule has 0 fully saturated rings. The van der Waals surface area contributed by atoms with Gasteiger partial charge in [0.05, 0.1) is 0 Å². The summed E-state index contributed by atoms with van der Waals surface area (Å²) < 4.78 is 0. The van der Waals surface area contributed by atoms with E-state index in [1.54, 1.807) is 0 Å². The number of nitrogen functional groups attached to an aromatic ring is 1. The van der Waals surface area contributed by atoms with Crippen LogP contribution in [-0.4, -0.2) is 0 Å². The molecule has 0 heterocycles. The van der Waals surface area contributed by atoms with Crippen molar-refractivity contribution in [2.75, 3.05) is 11.1 Å². The topological polar surface area (TPSA) is 38.0 Å². The van der Waals surface area contributed by atoms with Crippen LogP contribution in [0.1, 0.15) is 11.1 Å². The molecule has 2 nitrogen and oxygen atoms in total. The molecule has 0 amide bonds. The van der Waals surface area contributed by atoms with Crippen molar-refractivity contribution in [2.45, 2.75) is 6.42 Å². The Kier molecular flexibility index (Phi) is 3.88. The molecule has 3 aromatic carbocycles. The number of hydrogen-bond acceptors (Lipinski definition) is 2. The van der Waals surface area contributed by atoms with Gasteiger partial charge in [0.2, 0.25) is 0 Å². The highest BCUT2D eigenvalue weighted by molar-refractivity contribution is 5.65. The van der Waals surface area contributed by atoms with Gasteiger partial charge in [0.1, 0.15) is 0 Å². The van der Waals surface area contributed by atoms with Gasteiger partial charge in [-0.2, -0.15) is 0 Å². The molecule has 0 bridgehead atoms. The Hall–Kier alpha value is -2.74. The van der Waals surface area contributed by atoms with Gasteiger partial charge in [-0.25, -0.2) is 0 Å². The molecule has 0 radical (unpaired) electrons. The third-order valence-corrected chi connectivity index (χ3v) is 3.44. The maximum atomic E-state index is 5.72. The SMILES string of the molecule is Nc1ccc(Nc2ccccc2Cc2ccccc2)cc1. The maximum absolute atomic E-state index is 5.72. The lowest BCUT2D eigenvalue weighted by atomic mass is 10.0. The van der Waals surface area contributed by atoms with Crippen LogP contribution in [0.2, 0.25) is 0 Å². The summed E-state index contributed by atoms with van der Waals surface area (Å²) in [7, 11) is 0. The smallest absolute Gasteiger partial charge is 0.0420 e. The van der Waals surface area contributed by atoms with E-state index in [4.69, 9.17) is 5.73 Å². The predicted molar refractivity (Wildman–Crippen MR) is 89.8 cm³/mol. The second kappa shape index (κ2) is 6.14. The van der Waals surface area contributed by atoms with Crippen LogP contribution in [-0.2, 0) is 6.42 Å². The number of hydrogen-bond donors (Lipinski definition) is 2. The van der Waals surface area contributed by atoms with E-state index < -0.39 is 0 Å². The molecule has 3 rings (SSSR count). The van der Waals surface area contributed by atoms with E-state index in [1.807, 2.05) is 36.4 Å². The average Bonchev–Trinajstić information content (AvgIpc) is 2.52. The Morgan fingerprint density at radius 3 is 2.14 bits per heavy atom. The predicted octanol–water partition coefficient (Wildman–Crippen LogP) is 4.60. The first-order valence-corrected chi connectivity index (χ1v) is 7.06. The van der Waals surface area contributed by atoms with Crippen LogP contribution in [0.5, 0.6) is 0 Å². The standard InChI is InChI=1S/C19H18N2/c20-17-10-12-18(13-11-17)21-19-9-5-4-8-16(19)14-15-6-2-1-3-7-15/h1-13,21H,14,20H2. The van der Waals surface area contributed by atoms with Crippen LogP contribution in [0.15, 0.2) is 78.9 Å². The van der Waals surface area contributed by atoms with Crippen LogP contribution in [0.25, 0.3) is 0 Å².